The van der Waals surface area contributed by atoms with Crippen molar-refractivity contribution < 1.29 is 9.32 Å². The van der Waals surface area contributed by atoms with E-state index in [1.807, 2.05) is 56.9 Å². The molecular weight excluding hydrogens is 316 g/mol. The molecule has 1 fully saturated rings. The molecule has 0 radical (unpaired) electrons. The minimum absolute atomic E-state index is 0.0764. The number of likely N-dealkylation sites (tertiary alicyclic amines) is 1. The van der Waals surface area contributed by atoms with Crippen molar-refractivity contribution in [3.63, 3.8) is 0 Å². The summed E-state index contributed by atoms with van der Waals surface area (Å²) in [5.74, 6) is 1.08. The van der Waals surface area contributed by atoms with Gasteiger partial charge in [0.25, 0.3) is 0 Å². The van der Waals surface area contributed by atoms with E-state index in [1.165, 1.54) is 0 Å². The van der Waals surface area contributed by atoms with Crippen LogP contribution in [0.3, 0.4) is 0 Å². The molecule has 6 heteroatoms. The molecule has 3 rings (SSSR count). The van der Waals surface area contributed by atoms with Crippen LogP contribution < -0.4 is 5.32 Å². The SMILES string of the molecule is Cc1cccc(-c2noc(C3CCCCN3C(=O)NC(C)(C)C)n2)c1. The Morgan fingerprint density at radius 3 is 2.84 bits per heavy atom. The normalized spacial score (nSPS) is 18.2. The smallest absolute Gasteiger partial charge is 0.318 e. The first-order valence-electron chi connectivity index (χ1n) is 8.83. The molecule has 134 valence electrons. The molecule has 1 aliphatic heterocycles. The summed E-state index contributed by atoms with van der Waals surface area (Å²) in [6.45, 7) is 8.67. The van der Waals surface area contributed by atoms with Gasteiger partial charge < -0.3 is 14.7 Å². The minimum atomic E-state index is -0.277. The molecule has 0 bridgehead atoms. The van der Waals surface area contributed by atoms with E-state index in [4.69, 9.17) is 4.52 Å². The Morgan fingerprint density at radius 2 is 2.12 bits per heavy atom. The average molecular weight is 342 g/mol. The lowest BCUT2D eigenvalue weighted by molar-refractivity contribution is 0.126. The van der Waals surface area contributed by atoms with Gasteiger partial charge in [-0.05, 0) is 53.0 Å². The Kier molecular flexibility index (Phi) is 4.79. The zero-order valence-electron chi connectivity index (χ0n) is 15.4. The van der Waals surface area contributed by atoms with E-state index in [1.54, 1.807) is 0 Å². The van der Waals surface area contributed by atoms with Crippen LogP contribution in [0, 0.1) is 6.92 Å². The first-order valence-corrected chi connectivity index (χ1v) is 8.83. The number of urea groups is 1. The highest BCUT2D eigenvalue weighted by Gasteiger charge is 2.33. The Balaban J connectivity index is 1.82. The van der Waals surface area contributed by atoms with Crippen LogP contribution in [0.1, 0.15) is 57.5 Å². The Hall–Kier alpha value is -2.37. The number of carbonyl (C=O) groups is 1. The second-order valence-corrected chi connectivity index (χ2v) is 7.71. The van der Waals surface area contributed by atoms with Crippen molar-refractivity contribution in [1.29, 1.82) is 0 Å². The maximum atomic E-state index is 12.6. The number of rotatable bonds is 2. The molecule has 1 aromatic carbocycles. The maximum Gasteiger partial charge on any atom is 0.318 e. The van der Waals surface area contributed by atoms with Gasteiger partial charge in [-0.2, -0.15) is 4.98 Å². The molecule has 2 aromatic rings. The summed E-state index contributed by atoms with van der Waals surface area (Å²) in [5, 5.41) is 7.16. The van der Waals surface area contributed by atoms with Crippen molar-refractivity contribution in [3.8, 4) is 11.4 Å². The van der Waals surface area contributed by atoms with Gasteiger partial charge in [-0.15, -0.1) is 0 Å². The standard InChI is InChI=1S/C19H26N4O2/c1-13-8-7-9-14(12-13)16-20-17(25-22-16)15-10-5-6-11-23(15)18(24)21-19(2,3)4/h7-9,12,15H,5-6,10-11H2,1-4H3,(H,21,24). The Labute approximate surface area is 148 Å². The van der Waals surface area contributed by atoms with Crippen molar-refractivity contribution in [2.24, 2.45) is 0 Å². The molecule has 0 saturated carbocycles. The highest BCUT2D eigenvalue weighted by molar-refractivity contribution is 5.75. The molecule has 2 heterocycles. The van der Waals surface area contributed by atoms with Crippen LogP contribution >= 0.6 is 0 Å². The number of amides is 2. The average Bonchev–Trinajstić information content (AvgIpc) is 3.03. The fourth-order valence-electron chi connectivity index (χ4n) is 3.10. The Bertz CT molecular complexity index is 748. The maximum absolute atomic E-state index is 12.6. The van der Waals surface area contributed by atoms with Crippen molar-refractivity contribution in [1.82, 2.24) is 20.4 Å². The highest BCUT2D eigenvalue weighted by atomic mass is 16.5. The molecule has 1 aliphatic rings. The molecule has 25 heavy (non-hydrogen) atoms. The summed E-state index contributed by atoms with van der Waals surface area (Å²) in [4.78, 5) is 19.0. The predicted molar refractivity (Wildman–Crippen MR) is 96.1 cm³/mol. The van der Waals surface area contributed by atoms with E-state index in [0.717, 1.165) is 30.4 Å². The third kappa shape index (κ3) is 4.18. The zero-order chi connectivity index (χ0) is 18.0. The lowest BCUT2D eigenvalue weighted by Crippen LogP contribution is -2.50. The van der Waals surface area contributed by atoms with Crippen molar-refractivity contribution in [2.45, 2.75) is 58.5 Å². The summed E-state index contributed by atoms with van der Waals surface area (Å²) in [7, 11) is 0. The van der Waals surface area contributed by atoms with Crippen LogP contribution in [0.2, 0.25) is 0 Å². The quantitative estimate of drug-likeness (QED) is 0.892. The summed E-state index contributed by atoms with van der Waals surface area (Å²) in [5.41, 5.74) is 1.80. The number of aryl methyl sites for hydroxylation is 1. The second-order valence-electron chi connectivity index (χ2n) is 7.71. The molecule has 0 spiro atoms. The van der Waals surface area contributed by atoms with Crippen LogP contribution in [0.4, 0.5) is 4.79 Å². The van der Waals surface area contributed by atoms with E-state index in [2.05, 4.69) is 15.5 Å². The number of hydrogen-bond donors (Lipinski definition) is 1. The summed E-state index contributed by atoms with van der Waals surface area (Å²) < 4.78 is 5.53. The molecule has 1 saturated heterocycles. The van der Waals surface area contributed by atoms with Gasteiger partial charge >= 0.3 is 6.03 Å². The zero-order valence-corrected chi connectivity index (χ0v) is 15.4. The summed E-state index contributed by atoms with van der Waals surface area (Å²) in [6.07, 6.45) is 2.88. The van der Waals surface area contributed by atoms with Gasteiger partial charge in [0.2, 0.25) is 11.7 Å². The van der Waals surface area contributed by atoms with Crippen molar-refractivity contribution in [3.05, 3.63) is 35.7 Å². The van der Waals surface area contributed by atoms with Gasteiger partial charge in [0.15, 0.2) is 0 Å². The van der Waals surface area contributed by atoms with Gasteiger partial charge in [0.1, 0.15) is 6.04 Å². The molecule has 2 amide bonds. The van der Waals surface area contributed by atoms with Gasteiger partial charge in [0.05, 0.1) is 0 Å². The number of carbonyl (C=O) groups excluding carboxylic acids is 1. The van der Waals surface area contributed by atoms with E-state index < -0.39 is 0 Å². The number of nitrogens with zero attached hydrogens (tertiary/aromatic N) is 3. The Morgan fingerprint density at radius 1 is 1.32 bits per heavy atom. The summed E-state index contributed by atoms with van der Waals surface area (Å²) >= 11 is 0. The largest absolute Gasteiger partial charge is 0.337 e. The molecule has 1 aromatic heterocycles. The van der Waals surface area contributed by atoms with Crippen LogP contribution in [0.5, 0.6) is 0 Å². The van der Waals surface area contributed by atoms with E-state index in [-0.39, 0.29) is 17.6 Å². The van der Waals surface area contributed by atoms with Gasteiger partial charge in [-0.25, -0.2) is 4.79 Å². The molecule has 1 N–H and O–H groups in total. The van der Waals surface area contributed by atoms with Crippen LogP contribution in [0.25, 0.3) is 11.4 Å². The fourth-order valence-corrected chi connectivity index (χ4v) is 3.10. The van der Waals surface area contributed by atoms with Gasteiger partial charge in [-0.3, -0.25) is 0 Å². The van der Waals surface area contributed by atoms with Crippen LogP contribution in [0.15, 0.2) is 28.8 Å². The predicted octanol–water partition coefficient (Wildman–Crippen LogP) is 4.08. The number of piperidine rings is 1. The monoisotopic (exact) mass is 342 g/mol. The van der Waals surface area contributed by atoms with E-state index in [0.29, 0.717) is 18.3 Å². The van der Waals surface area contributed by atoms with Gasteiger partial charge in [-0.1, -0.05) is 28.9 Å². The lowest BCUT2D eigenvalue weighted by atomic mass is 10.0. The van der Waals surface area contributed by atoms with E-state index in [9.17, 15) is 4.79 Å². The molecule has 1 unspecified atom stereocenters. The number of aromatic nitrogens is 2. The number of hydrogen-bond acceptors (Lipinski definition) is 4. The molecular formula is C19H26N4O2. The molecule has 1 atom stereocenters. The third-order valence-electron chi connectivity index (χ3n) is 4.25. The van der Waals surface area contributed by atoms with Crippen molar-refractivity contribution in [2.75, 3.05) is 6.54 Å². The topological polar surface area (TPSA) is 71.3 Å². The molecule has 6 nitrogen and oxygen atoms in total. The first-order chi connectivity index (χ1) is 11.8. The highest BCUT2D eigenvalue weighted by Crippen LogP contribution is 2.31. The first kappa shape index (κ1) is 17.5. The number of nitrogens with one attached hydrogen (secondary N) is 1. The van der Waals surface area contributed by atoms with Crippen molar-refractivity contribution >= 4 is 6.03 Å². The molecule has 0 aliphatic carbocycles. The number of benzene rings is 1. The third-order valence-corrected chi connectivity index (χ3v) is 4.25. The van der Waals surface area contributed by atoms with Gasteiger partial charge in [0, 0.05) is 17.6 Å². The summed E-state index contributed by atoms with van der Waals surface area (Å²) in [6, 6.07) is 7.76. The second kappa shape index (κ2) is 6.86. The van der Waals surface area contributed by atoms with Crippen LogP contribution in [-0.4, -0.2) is 33.2 Å². The minimum Gasteiger partial charge on any atom is -0.337 e. The fraction of sp³-hybridized carbons (Fsp3) is 0.526. The van der Waals surface area contributed by atoms with Crippen LogP contribution in [-0.2, 0) is 0 Å². The lowest BCUT2D eigenvalue weighted by Gasteiger charge is -2.35. The van der Waals surface area contributed by atoms with E-state index >= 15 is 0 Å².